The molecule has 2 nitrogen and oxygen atoms in total. The topological polar surface area (TPSA) is 15.3 Å². The number of benzene rings is 1. The summed E-state index contributed by atoms with van der Waals surface area (Å²) in [4.78, 5) is 2.62. The third-order valence-corrected chi connectivity index (χ3v) is 4.23. The molecule has 1 fully saturated rings. The van der Waals surface area contributed by atoms with Crippen LogP contribution in [-0.2, 0) is 0 Å². The van der Waals surface area contributed by atoms with E-state index in [1.165, 1.54) is 25.1 Å². The van der Waals surface area contributed by atoms with Gasteiger partial charge in [-0.1, -0.05) is 44.2 Å². The SMILES string of the molecule is CCNC1CCN(C(C)c2ccccc2)CC1C. The van der Waals surface area contributed by atoms with Crippen LogP contribution in [0.2, 0.25) is 0 Å². The largest absolute Gasteiger partial charge is 0.314 e. The summed E-state index contributed by atoms with van der Waals surface area (Å²) in [5, 5.41) is 3.61. The summed E-state index contributed by atoms with van der Waals surface area (Å²) in [5.74, 6) is 0.741. The van der Waals surface area contributed by atoms with Crippen molar-refractivity contribution >= 4 is 0 Å². The second-order valence-electron chi connectivity index (χ2n) is 5.51. The first-order chi connectivity index (χ1) is 8.72. The fourth-order valence-corrected chi connectivity index (χ4v) is 3.04. The Kier molecular flexibility index (Phi) is 4.79. The molecule has 0 amide bonds. The molecule has 0 bridgehead atoms. The van der Waals surface area contributed by atoms with Gasteiger partial charge in [-0.25, -0.2) is 0 Å². The number of rotatable bonds is 4. The Hall–Kier alpha value is -0.860. The second kappa shape index (κ2) is 6.35. The lowest BCUT2D eigenvalue weighted by Crippen LogP contribution is -2.48. The lowest BCUT2D eigenvalue weighted by Gasteiger charge is -2.40. The molecule has 0 spiro atoms. The maximum Gasteiger partial charge on any atom is 0.0320 e. The van der Waals surface area contributed by atoms with E-state index in [4.69, 9.17) is 0 Å². The van der Waals surface area contributed by atoms with Gasteiger partial charge in [-0.15, -0.1) is 0 Å². The lowest BCUT2D eigenvalue weighted by atomic mass is 9.92. The third kappa shape index (κ3) is 3.12. The summed E-state index contributed by atoms with van der Waals surface area (Å²) in [6.07, 6.45) is 1.27. The van der Waals surface area contributed by atoms with Crippen LogP contribution < -0.4 is 5.32 Å². The van der Waals surface area contributed by atoms with Gasteiger partial charge in [0.1, 0.15) is 0 Å². The van der Waals surface area contributed by atoms with Crippen LogP contribution in [0.1, 0.15) is 38.8 Å². The summed E-state index contributed by atoms with van der Waals surface area (Å²) in [6.45, 7) is 10.4. The number of nitrogens with zero attached hydrogens (tertiary/aromatic N) is 1. The van der Waals surface area contributed by atoms with Crippen LogP contribution in [0, 0.1) is 5.92 Å². The van der Waals surface area contributed by atoms with Gasteiger partial charge in [-0.05, 0) is 31.4 Å². The summed E-state index contributed by atoms with van der Waals surface area (Å²) in [6, 6.07) is 12.1. The fraction of sp³-hybridized carbons (Fsp3) is 0.625. The molecule has 1 N–H and O–H groups in total. The van der Waals surface area contributed by atoms with Gasteiger partial charge in [-0.3, -0.25) is 4.90 Å². The van der Waals surface area contributed by atoms with E-state index in [1.807, 2.05) is 0 Å². The van der Waals surface area contributed by atoms with Gasteiger partial charge in [0.05, 0.1) is 0 Å². The van der Waals surface area contributed by atoms with Crippen molar-refractivity contribution in [2.75, 3.05) is 19.6 Å². The summed E-state index contributed by atoms with van der Waals surface area (Å²) >= 11 is 0. The zero-order valence-corrected chi connectivity index (χ0v) is 11.9. The zero-order chi connectivity index (χ0) is 13.0. The predicted molar refractivity (Wildman–Crippen MR) is 77.7 cm³/mol. The minimum absolute atomic E-state index is 0.538. The van der Waals surface area contributed by atoms with E-state index in [9.17, 15) is 0 Å². The first kappa shape index (κ1) is 13.6. The Morgan fingerprint density at radius 2 is 2.06 bits per heavy atom. The van der Waals surface area contributed by atoms with E-state index in [-0.39, 0.29) is 0 Å². The molecule has 0 aromatic heterocycles. The Labute approximate surface area is 111 Å². The van der Waals surface area contributed by atoms with Gasteiger partial charge in [0.2, 0.25) is 0 Å². The minimum atomic E-state index is 0.538. The predicted octanol–water partition coefficient (Wildman–Crippen LogP) is 3.07. The van der Waals surface area contributed by atoms with Crippen LogP contribution in [0.5, 0.6) is 0 Å². The second-order valence-corrected chi connectivity index (χ2v) is 5.51. The third-order valence-electron chi connectivity index (χ3n) is 4.23. The molecule has 3 unspecified atom stereocenters. The van der Waals surface area contributed by atoms with E-state index in [1.54, 1.807) is 0 Å². The van der Waals surface area contributed by atoms with E-state index in [0.717, 1.165) is 12.5 Å². The molecule has 1 heterocycles. The van der Waals surface area contributed by atoms with Gasteiger partial charge < -0.3 is 5.32 Å². The molecule has 2 rings (SSSR count). The average Bonchev–Trinajstić information content (AvgIpc) is 2.41. The maximum atomic E-state index is 3.61. The van der Waals surface area contributed by atoms with Crippen LogP contribution >= 0.6 is 0 Å². The van der Waals surface area contributed by atoms with Crippen LogP contribution in [0.15, 0.2) is 30.3 Å². The highest BCUT2D eigenvalue weighted by Crippen LogP contribution is 2.26. The molecule has 0 saturated carbocycles. The Bertz CT molecular complexity index is 349. The molecule has 3 atom stereocenters. The van der Waals surface area contributed by atoms with Crippen molar-refractivity contribution in [2.24, 2.45) is 5.92 Å². The average molecular weight is 246 g/mol. The summed E-state index contributed by atoms with van der Waals surface area (Å²) < 4.78 is 0. The zero-order valence-electron chi connectivity index (χ0n) is 11.9. The summed E-state index contributed by atoms with van der Waals surface area (Å²) in [7, 11) is 0. The molecule has 2 heteroatoms. The van der Waals surface area contributed by atoms with Crippen molar-refractivity contribution in [2.45, 2.75) is 39.3 Å². The van der Waals surface area contributed by atoms with Gasteiger partial charge in [0.25, 0.3) is 0 Å². The molecule has 1 saturated heterocycles. The molecule has 0 aliphatic carbocycles. The summed E-state index contributed by atoms with van der Waals surface area (Å²) in [5.41, 5.74) is 1.44. The van der Waals surface area contributed by atoms with E-state index in [0.29, 0.717) is 12.1 Å². The van der Waals surface area contributed by atoms with Crippen LogP contribution in [0.4, 0.5) is 0 Å². The van der Waals surface area contributed by atoms with Crippen molar-refractivity contribution in [3.05, 3.63) is 35.9 Å². The standard InChI is InChI=1S/C16H26N2/c1-4-17-16-10-11-18(12-13(16)2)14(3)15-8-6-5-7-9-15/h5-9,13-14,16-17H,4,10-12H2,1-3H3. The number of likely N-dealkylation sites (tertiary alicyclic amines) is 1. The molecular formula is C16H26N2. The number of nitrogens with one attached hydrogen (secondary N) is 1. The Morgan fingerprint density at radius 1 is 1.33 bits per heavy atom. The van der Waals surface area contributed by atoms with Crippen molar-refractivity contribution in [1.29, 1.82) is 0 Å². The maximum absolute atomic E-state index is 3.61. The monoisotopic (exact) mass is 246 g/mol. The quantitative estimate of drug-likeness (QED) is 0.878. The van der Waals surface area contributed by atoms with E-state index >= 15 is 0 Å². The van der Waals surface area contributed by atoms with E-state index < -0.39 is 0 Å². The van der Waals surface area contributed by atoms with Crippen molar-refractivity contribution in [3.8, 4) is 0 Å². The molecule has 100 valence electrons. The minimum Gasteiger partial charge on any atom is -0.314 e. The fourth-order valence-electron chi connectivity index (χ4n) is 3.04. The molecular weight excluding hydrogens is 220 g/mol. The smallest absolute Gasteiger partial charge is 0.0320 e. The molecule has 0 radical (unpaired) electrons. The number of hydrogen-bond acceptors (Lipinski definition) is 2. The molecule has 1 aromatic carbocycles. The van der Waals surface area contributed by atoms with Crippen molar-refractivity contribution in [1.82, 2.24) is 10.2 Å². The number of hydrogen-bond donors (Lipinski definition) is 1. The van der Waals surface area contributed by atoms with Crippen LogP contribution in [0.3, 0.4) is 0 Å². The normalized spacial score (nSPS) is 27.1. The highest BCUT2D eigenvalue weighted by molar-refractivity contribution is 5.18. The first-order valence-electron chi connectivity index (χ1n) is 7.24. The molecule has 1 aliphatic rings. The van der Waals surface area contributed by atoms with Gasteiger partial charge in [0.15, 0.2) is 0 Å². The van der Waals surface area contributed by atoms with Crippen molar-refractivity contribution < 1.29 is 0 Å². The van der Waals surface area contributed by atoms with Crippen LogP contribution in [0.25, 0.3) is 0 Å². The highest BCUT2D eigenvalue weighted by atomic mass is 15.2. The lowest BCUT2D eigenvalue weighted by molar-refractivity contribution is 0.112. The molecule has 1 aromatic rings. The Balaban J connectivity index is 1.96. The molecule has 18 heavy (non-hydrogen) atoms. The highest BCUT2D eigenvalue weighted by Gasteiger charge is 2.28. The van der Waals surface area contributed by atoms with Gasteiger partial charge >= 0.3 is 0 Å². The molecule has 1 aliphatic heterocycles. The van der Waals surface area contributed by atoms with Gasteiger partial charge in [-0.2, -0.15) is 0 Å². The van der Waals surface area contributed by atoms with Crippen molar-refractivity contribution in [3.63, 3.8) is 0 Å². The number of piperidine rings is 1. The van der Waals surface area contributed by atoms with Crippen LogP contribution in [-0.4, -0.2) is 30.6 Å². The Morgan fingerprint density at radius 3 is 2.67 bits per heavy atom. The first-order valence-corrected chi connectivity index (χ1v) is 7.24. The van der Waals surface area contributed by atoms with Gasteiger partial charge in [0, 0.05) is 25.2 Å². The van der Waals surface area contributed by atoms with E-state index in [2.05, 4.69) is 61.3 Å².